The third-order valence-electron chi connectivity index (χ3n) is 3.89. The van der Waals surface area contributed by atoms with Crippen LogP contribution in [0, 0.1) is 0 Å². The lowest BCUT2D eigenvalue weighted by atomic mass is 10.1. The van der Waals surface area contributed by atoms with Crippen LogP contribution in [0.15, 0.2) is 59.7 Å². The Morgan fingerprint density at radius 2 is 2.04 bits per heavy atom. The van der Waals surface area contributed by atoms with Gasteiger partial charge in [0.05, 0.1) is 5.56 Å². The van der Waals surface area contributed by atoms with Crippen LogP contribution in [0.25, 0.3) is 10.9 Å². The molecule has 5 heteroatoms. The van der Waals surface area contributed by atoms with Gasteiger partial charge in [0.15, 0.2) is 0 Å². The highest BCUT2D eigenvalue weighted by atomic mass is 16.2. The number of hydrogen-bond donors (Lipinski definition) is 1. The summed E-state index contributed by atoms with van der Waals surface area (Å²) < 4.78 is 0. The molecule has 0 saturated heterocycles. The molecule has 0 fully saturated rings. The summed E-state index contributed by atoms with van der Waals surface area (Å²) in [5, 5.41) is 0.956. The monoisotopic (exact) mass is 321 g/mol. The predicted molar refractivity (Wildman–Crippen MR) is 93.8 cm³/mol. The van der Waals surface area contributed by atoms with Crippen LogP contribution in [0.2, 0.25) is 0 Å². The van der Waals surface area contributed by atoms with E-state index in [1.165, 1.54) is 0 Å². The number of amides is 1. The fraction of sp³-hybridized carbons (Fsp3) is 0.211. The van der Waals surface area contributed by atoms with Crippen LogP contribution in [0.4, 0.5) is 0 Å². The molecule has 1 aromatic carbocycles. The molecule has 1 amide bonds. The van der Waals surface area contributed by atoms with Crippen LogP contribution < -0.4 is 5.56 Å². The highest BCUT2D eigenvalue weighted by molar-refractivity contribution is 5.94. The van der Waals surface area contributed by atoms with Crippen molar-refractivity contribution in [3.05, 3.63) is 76.3 Å². The summed E-state index contributed by atoms with van der Waals surface area (Å²) in [6.07, 6.45) is 4.05. The summed E-state index contributed by atoms with van der Waals surface area (Å²) in [5.41, 5.74) is 2.03. The van der Waals surface area contributed by atoms with Crippen molar-refractivity contribution in [3.8, 4) is 0 Å². The van der Waals surface area contributed by atoms with Gasteiger partial charge >= 0.3 is 0 Å². The number of fused-ring (bicyclic) bond motifs is 1. The molecule has 0 aliphatic carbocycles. The second kappa shape index (κ2) is 7.08. The number of nitrogens with zero attached hydrogens (tertiary/aromatic N) is 2. The van der Waals surface area contributed by atoms with E-state index in [2.05, 4.69) is 9.97 Å². The molecular weight excluding hydrogens is 302 g/mol. The van der Waals surface area contributed by atoms with Crippen LogP contribution >= 0.6 is 0 Å². The molecule has 122 valence electrons. The van der Waals surface area contributed by atoms with Gasteiger partial charge in [-0.05, 0) is 30.2 Å². The van der Waals surface area contributed by atoms with Gasteiger partial charge in [-0.2, -0.15) is 0 Å². The Hall–Kier alpha value is -2.95. The summed E-state index contributed by atoms with van der Waals surface area (Å²) in [6, 6.07) is 12.7. The highest BCUT2D eigenvalue weighted by Gasteiger charge is 2.17. The van der Waals surface area contributed by atoms with E-state index < -0.39 is 0 Å². The molecule has 2 aromatic heterocycles. The molecule has 0 aliphatic heterocycles. The number of aromatic amines is 1. The molecule has 0 saturated carbocycles. The van der Waals surface area contributed by atoms with E-state index in [4.69, 9.17) is 0 Å². The minimum atomic E-state index is -0.158. The van der Waals surface area contributed by atoms with Crippen molar-refractivity contribution < 1.29 is 4.79 Å². The van der Waals surface area contributed by atoms with Gasteiger partial charge in [-0.1, -0.05) is 25.1 Å². The van der Waals surface area contributed by atoms with E-state index in [1.54, 1.807) is 35.5 Å². The number of carbonyl (C=O) groups is 1. The summed E-state index contributed by atoms with van der Waals surface area (Å²) in [7, 11) is 0. The van der Waals surface area contributed by atoms with Gasteiger partial charge in [-0.25, -0.2) is 0 Å². The maximum atomic E-state index is 12.8. The second-order valence-electron chi connectivity index (χ2n) is 5.67. The number of benzene rings is 1. The largest absolute Gasteiger partial charge is 0.334 e. The number of rotatable bonds is 5. The van der Waals surface area contributed by atoms with Crippen LogP contribution in [0.1, 0.15) is 29.3 Å². The molecular formula is C19H19N3O2. The zero-order valence-electron chi connectivity index (χ0n) is 13.5. The van der Waals surface area contributed by atoms with Crippen LogP contribution in [-0.4, -0.2) is 27.3 Å². The van der Waals surface area contributed by atoms with Crippen LogP contribution in [0.3, 0.4) is 0 Å². The Bertz CT molecular complexity index is 903. The third-order valence-corrected chi connectivity index (χ3v) is 3.89. The number of pyridine rings is 2. The highest BCUT2D eigenvalue weighted by Crippen LogP contribution is 2.18. The molecule has 0 radical (unpaired) electrons. The van der Waals surface area contributed by atoms with Gasteiger partial charge in [0, 0.05) is 42.5 Å². The van der Waals surface area contributed by atoms with Crippen molar-refractivity contribution in [2.24, 2.45) is 0 Å². The van der Waals surface area contributed by atoms with Crippen molar-refractivity contribution in [1.29, 1.82) is 0 Å². The number of para-hydroxylation sites is 1. The molecule has 0 bridgehead atoms. The lowest BCUT2D eigenvalue weighted by Crippen LogP contribution is -2.31. The molecule has 0 spiro atoms. The van der Waals surface area contributed by atoms with E-state index in [0.717, 1.165) is 22.9 Å². The molecule has 5 nitrogen and oxygen atoms in total. The summed E-state index contributed by atoms with van der Waals surface area (Å²) in [5.74, 6) is -0.0747. The van der Waals surface area contributed by atoms with Gasteiger partial charge in [-0.3, -0.25) is 14.6 Å². The summed E-state index contributed by atoms with van der Waals surface area (Å²) in [6.45, 7) is 3.04. The maximum Gasteiger partial charge on any atom is 0.255 e. The smallest absolute Gasteiger partial charge is 0.255 e. The molecule has 2 heterocycles. The Labute approximate surface area is 140 Å². The van der Waals surface area contributed by atoms with E-state index in [1.807, 2.05) is 31.2 Å². The molecule has 0 atom stereocenters. The van der Waals surface area contributed by atoms with E-state index >= 15 is 0 Å². The average Bonchev–Trinajstić information content (AvgIpc) is 2.61. The molecule has 24 heavy (non-hydrogen) atoms. The number of H-pyrrole nitrogens is 1. The molecule has 3 rings (SSSR count). The van der Waals surface area contributed by atoms with E-state index in [-0.39, 0.29) is 11.5 Å². The molecule has 3 aromatic rings. The van der Waals surface area contributed by atoms with Crippen molar-refractivity contribution >= 4 is 16.8 Å². The topological polar surface area (TPSA) is 66.1 Å². The fourth-order valence-corrected chi connectivity index (χ4v) is 2.81. The average molecular weight is 321 g/mol. The van der Waals surface area contributed by atoms with Crippen molar-refractivity contribution in [3.63, 3.8) is 0 Å². The molecule has 0 aliphatic rings. The number of hydrogen-bond acceptors (Lipinski definition) is 3. The normalized spacial score (nSPS) is 10.7. The van der Waals surface area contributed by atoms with E-state index in [9.17, 15) is 9.59 Å². The zero-order chi connectivity index (χ0) is 16.9. The Morgan fingerprint density at radius 3 is 2.79 bits per heavy atom. The Morgan fingerprint density at radius 1 is 1.21 bits per heavy atom. The summed E-state index contributed by atoms with van der Waals surface area (Å²) in [4.78, 5) is 33.3. The zero-order valence-corrected chi connectivity index (χ0v) is 13.5. The van der Waals surface area contributed by atoms with Crippen LogP contribution in [0.5, 0.6) is 0 Å². The quantitative estimate of drug-likeness (QED) is 0.785. The first-order valence-corrected chi connectivity index (χ1v) is 7.99. The third kappa shape index (κ3) is 3.35. The van der Waals surface area contributed by atoms with Crippen LogP contribution in [-0.2, 0) is 6.54 Å². The van der Waals surface area contributed by atoms with Crippen molar-refractivity contribution in [1.82, 2.24) is 14.9 Å². The predicted octanol–water partition coefficient (Wildman–Crippen LogP) is 2.98. The van der Waals surface area contributed by atoms with Crippen molar-refractivity contribution in [2.45, 2.75) is 19.9 Å². The lowest BCUT2D eigenvalue weighted by Gasteiger charge is -2.23. The number of carbonyl (C=O) groups excluding carboxylic acids is 1. The first-order valence-electron chi connectivity index (χ1n) is 7.99. The lowest BCUT2D eigenvalue weighted by molar-refractivity contribution is 0.0743. The Balaban J connectivity index is 1.97. The minimum Gasteiger partial charge on any atom is -0.334 e. The maximum absolute atomic E-state index is 12.8. The fourth-order valence-electron chi connectivity index (χ4n) is 2.81. The van der Waals surface area contributed by atoms with Gasteiger partial charge in [-0.15, -0.1) is 0 Å². The van der Waals surface area contributed by atoms with Gasteiger partial charge in [0.25, 0.3) is 5.91 Å². The van der Waals surface area contributed by atoms with Gasteiger partial charge < -0.3 is 9.88 Å². The SMILES string of the molecule is CCCN(Cc1cc(=O)[nH]c2ccccc12)C(=O)c1cccnc1. The van der Waals surface area contributed by atoms with Gasteiger partial charge in [0.1, 0.15) is 0 Å². The second-order valence-corrected chi connectivity index (χ2v) is 5.67. The molecule has 1 N–H and O–H groups in total. The summed E-state index contributed by atoms with van der Waals surface area (Å²) >= 11 is 0. The van der Waals surface area contributed by atoms with E-state index in [0.29, 0.717) is 18.7 Å². The Kier molecular flexibility index (Phi) is 4.70. The van der Waals surface area contributed by atoms with Crippen molar-refractivity contribution in [2.75, 3.05) is 6.54 Å². The molecule has 0 unspecified atom stereocenters. The first kappa shape index (κ1) is 15.9. The standard InChI is InChI=1S/C19H19N3O2/c1-2-10-22(19(24)14-6-5-9-20-12-14)13-15-11-18(23)21-17-8-4-3-7-16(15)17/h3-9,11-12H,2,10,13H2,1H3,(H,21,23). The minimum absolute atomic E-state index is 0.0747. The number of nitrogens with one attached hydrogen (secondary N) is 1. The van der Waals surface area contributed by atoms with Gasteiger partial charge in [0.2, 0.25) is 5.56 Å². The number of aromatic nitrogens is 2. The first-order chi connectivity index (χ1) is 11.7.